The molecule has 1 amide bonds. The highest BCUT2D eigenvalue weighted by molar-refractivity contribution is 6.65. The highest BCUT2D eigenvalue weighted by Crippen LogP contribution is 2.33. The van der Waals surface area contributed by atoms with Gasteiger partial charge in [0.25, 0.3) is 5.91 Å². The van der Waals surface area contributed by atoms with Gasteiger partial charge in [0, 0.05) is 16.6 Å². The lowest BCUT2D eigenvalue weighted by Gasteiger charge is -2.24. The topological polar surface area (TPSA) is 101 Å². The summed E-state index contributed by atoms with van der Waals surface area (Å²) in [5, 5.41) is 21.1. The Morgan fingerprint density at radius 2 is 1.94 bits per heavy atom. The van der Waals surface area contributed by atoms with E-state index >= 15 is 0 Å². The predicted octanol–water partition coefficient (Wildman–Crippen LogP) is 2.83. The Labute approximate surface area is 188 Å². The summed E-state index contributed by atoms with van der Waals surface area (Å²) in [6, 6.07) is 5.61. The molecular formula is C19H13BClF5N2O5. The van der Waals surface area contributed by atoms with Crippen LogP contribution in [-0.2, 0) is 11.3 Å². The highest BCUT2D eigenvalue weighted by Gasteiger charge is 2.38. The summed E-state index contributed by atoms with van der Waals surface area (Å²) in [7, 11) is -1.60. The highest BCUT2D eigenvalue weighted by atomic mass is 35.5. The van der Waals surface area contributed by atoms with E-state index in [1.165, 1.54) is 6.92 Å². The fourth-order valence-electron chi connectivity index (χ4n) is 2.92. The molecule has 0 aliphatic carbocycles. The molecule has 1 atom stereocenters. The molecule has 1 aliphatic heterocycles. The largest absolute Gasteiger partial charge is 0.573 e. The Balaban J connectivity index is 1.75. The molecule has 0 fully saturated rings. The van der Waals surface area contributed by atoms with Crippen molar-refractivity contribution >= 4 is 30.1 Å². The molecule has 14 heteroatoms. The van der Waals surface area contributed by atoms with Crippen LogP contribution in [0.25, 0.3) is 0 Å². The van der Waals surface area contributed by atoms with Crippen molar-refractivity contribution in [2.75, 3.05) is 6.61 Å². The average Bonchev–Trinajstić information content (AvgIpc) is 3.13. The summed E-state index contributed by atoms with van der Waals surface area (Å²) in [6.07, 6.45) is -4.91. The Kier molecular flexibility index (Phi) is 6.74. The normalized spacial score (nSPS) is 14.8. The summed E-state index contributed by atoms with van der Waals surface area (Å²) in [4.78, 5) is 12.4. The van der Waals surface area contributed by atoms with Crippen LogP contribution in [0.4, 0.5) is 22.0 Å². The minimum atomic E-state index is -4.91. The fraction of sp³-hybridized carbons (Fsp3) is 0.263. The summed E-state index contributed by atoms with van der Waals surface area (Å²) < 4.78 is 79.1. The number of benzene rings is 2. The van der Waals surface area contributed by atoms with Crippen LogP contribution in [0, 0.1) is 23.0 Å². The molecule has 0 spiro atoms. The predicted molar refractivity (Wildman–Crippen MR) is 104 cm³/mol. The molecule has 2 aromatic rings. The van der Waals surface area contributed by atoms with E-state index in [9.17, 15) is 37.0 Å². The number of nitriles is 1. The first-order chi connectivity index (χ1) is 15.3. The van der Waals surface area contributed by atoms with Crippen molar-refractivity contribution in [3.63, 3.8) is 0 Å². The van der Waals surface area contributed by atoms with Crippen LogP contribution >= 0.6 is 11.6 Å². The van der Waals surface area contributed by atoms with Gasteiger partial charge in [0.15, 0.2) is 17.1 Å². The van der Waals surface area contributed by atoms with Gasteiger partial charge in [-0.25, -0.2) is 4.39 Å². The second-order valence-electron chi connectivity index (χ2n) is 7.09. The number of amides is 1. The molecular weight excluding hydrogens is 477 g/mol. The van der Waals surface area contributed by atoms with Gasteiger partial charge in [0.05, 0.1) is 17.7 Å². The molecule has 1 heterocycles. The maximum Gasteiger partial charge on any atom is 0.573 e. The molecule has 174 valence electrons. The lowest BCUT2D eigenvalue weighted by molar-refractivity contribution is -0.274. The maximum absolute atomic E-state index is 14.4. The van der Waals surface area contributed by atoms with E-state index < -0.39 is 66.3 Å². The number of fused-ring (bicyclic) bond motifs is 1. The third-order valence-electron chi connectivity index (χ3n) is 4.54. The second-order valence-corrected chi connectivity index (χ2v) is 7.46. The van der Waals surface area contributed by atoms with E-state index in [0.717, 1.165) is 24.3 Å². The molecule has 7 nitrogen and oxygen atoms in total. The summed E-state index contributed by atoms with van der Waals surface area (Å²) in [5.74, 6) is -5.02. The minimum absolute atomic E-state index is 0.112. The van der Waals surface area contributed by atoms with Crippen molar-refractivity contribution in [1.29, 1.82) is 5.26 Å². The molecule has 0 saturated heterocycles. The van der Waals surface area contributed by atoms with Crippen LogP contribution in [-0.4, -0.2) is 36.6 Å². The first kappa shape index (κ1) is 24.6. The van der Waals surface area contributed by atoms with Gasteiger partial charge in [-0.1, -0.05) is 11.6 Å². The second kappa shape index (κ2) is 9.05. The first-order valence-electron chi connectivity index (χ1n) is 9.06. The van der Waals surface area contributed by atoms with Crippen LogP contribution in [0.2, 0.25) is 5.02 Å². The fourth-order valence-corrected chi connectivity index (χ4v) is 3.26. The van der Waals surface area contributed by atoms with Gasteiger partial charge in [-0.3, -0.25) is 4.79 Å². The molecule has 2 N–H and O–H groups in total. The number of halogens is 6. The van der Waals surface area contributed by atoms with E-state index in [2.05, 4.69) is 10.1 Å². The lowest BCUT2D eigenvalue weighted by atomic mass is 9.79. The summed E-state index contributed by atoms with van der Waals surface area (Å²) in [6.45, 7) is 0.105. The molecule has 0 saturated carbocycles. The molecule has 2 aromatic carbocycles. The van der Waals surface area contributed by atoms with Crippen LogP contribution in [0.1, 0.15) is 22.8 Å². The molecule has 0 bridgehead atoms. The van der Waals surface area contributed by atoms with Crippen LogP contribution in [0.15, 0.2) is 24.3 Å². The Bertz CT molecular complexity index is 1130. The van der Waals surface area contributed by atoms with Gasteiger partial charge in [0.1, 0.15) is 12.4 Å². The Morgan fingerprint density at radius 1 is 1.30 bits per heavy atom. The average molecular weight is 491 g/mol. The van der Waals surface area contributed by atoms with Gasteiger partial charge in [-0.05, 0) is 31.2 Å². The molecule has 0 aromatic heterocycles. The zero-order chi connectivity index (χ0) is 24.6. The smallest absolute Gasteiger partial charge is 0.485 e. The zero-order valence-corrected chi connectivity index (χ0v) is 17.4. The van der Waals surface area contributed by atoms with Gasteiger partial charge >= 0.3 is 13.5 Å². The van der Waals surface area contributed by atoms with E-state index in [0.29, 0.717) is 0 Å². The van der Waals surface area contributed by atoms with Crippen LogP contribution < -0.4 is 20.3 Å². The number of hydrogen-bond acceptors (Lipinski definition) is 6. The monoisotopic (exact) mass is 490 g/mol. The van der Waals surface area contributed by atoms with Crippen molar-refractivity contribution in [3.8, 4) is 17.6 Å². The quantitative estimate of drug-likeness (QED) is 0.367. The Morgan fingerprint density at radius 3 is 2.52 bits per heavy atom. The van der Waals surface area contributed by atoms with Crippen molar-refractivity contribution in [2.45, 2.75) is 25.4 Å². The molecule has 3 rings (SSSR count). The number of alkyl halides is 3. The van der Waals surface area contributed by atoms with Crippen molar-refractivity contribution in [1.82, 2.24) is 5.32 Å². The van der Waals surface area contributed by atoms with Crippen molar-refractivity contribution < 1.29 is 45.9 Å². The molecule has 1 unspecified atom stereocenters. The number of hydrogen-bond donors (Lipinski definition) is 2. The third-order valence-corrected chi connectivity index (χ3v) is 4.92. The molecule has 1 aliphatic rings. The number of nitrogens with zero attached hydrogens (tertiary/aromatic N) is 1. The van der Waals surface area contributed by atoms with Gasteiger partial charge in [0.2, 0.25) is 5.82 Å². The van der Waals surface area contributed by atoms with Crippen molar-refractivity contribution in [3.05, 3.63) is 52.0 Å². The molecule has 33 heavy (non-hydrogen) atoms. The van der Waals surface area contributed by atoms with E-state index in [4.69, 9.17) is 21.0 Å². The lowest BCUT2D eigenvalue weighted by Crippen LogP contribution is -2.49. The zero-order valence-electron chi connectivity index (χ0n) is 16.6. The number of carbonyl (C=O) groups excluding carboxylic acids is 1. The van der Waals surface area contributed by atoms with Gasteiger partial charge in [-0.2, -0.15) is 9.65 Å². The van der Waals surface area contributed by atoms with E-state index in [-0.39, 0.29) is 16.6 Å². The Hall–Kier alpha value is -3.08. The first-order valence-corrected chi connectivity index (χ1v) is 9.44. The van der Waals surface area contributed by atoms with Gasteiger partial charge in [-0.15, -0.1) is 13.2 Å². The standard InChI is InChI=1S/C19H13BClF5N2O5/c1-18(7-27,28-17(29)9-2-4-10(5-3-9)33-19(24,25)26)8-31-16-13(21)12-11(6-32-20(12)30)14(22)15(16)23/h2-5,30H,6,8H2,1H3,(H,28,29). The number of nitrogens with one attached hydrogen (secondary N) is 1. The van der Waals surface area contributed by atoms with Crippen molar-refractivity contribution in [2.24, 2.45) is 0 Å². The maximum atomic E-state index is 14.4. The number of carbonyl (C=O) groups is 1. The van der Waals surface area contributed by atoms with Gasteiger partial charge < -0.3 is 24.5 Å². The van der Waals surface area contributed by atoms with E-state index in [1.54, 1.807) is 6.07 Å². The number of ether oxygens (including phenoxy) is 2. The summed E-state index contributed by atoms with van der Waals surface area (Å²) in [5.41, 5.74) is -2.39. The number of rotatable bonds is 6. The third kappa shape index (κ3) is 5.30. The van der Waals surface area contributed by atoms with Crippen LogP contribution in [0.3, 0.4) is 0 Å². The van der Waals surface area contributed by atoms with E-state index in [1.807, 2.05) is 0 Å². The molecule has 0 radical (unpaired) electrons. The minimum Gasteiger partial charge on any atom is -0.485 e. The SMILES string of the molecule is CC(C#N)(COc1c(F)c(F)c2c(c1Cl)B(O)OC2)NC(=O)c1ccc(OC(F)(F)F)cc1. The summed E-state index contributed by atoms with van der Waals surface area (Å²) >= 11 is 6.03. The van der Waals surface area contributed by atoms with Crippen LogP contribution in [0.5, 0.6) is 11.5 Å².